The molecule has 50 heavy (non-hydrogen) atoms. The van der Waals surface area contributed by atoms with Crippen molar-refractivity contribution in [1.29, 1.82) is 0 Å². The van der Waals surface area contributed by atoms with E-state index in [-0.39, 0.29) is 20.5 Å². The summed E-state index contributed by atoms with van der Waals surface area (Å²) in [6.45, 7) is 23.5. The second-order valence-corrected chi connectivity index (χ2v) is 18.2. The fraction of sp³-hybridized carbons (Fsp3) is 0.737. The zero-order valence-electron chi connectivity index (χ0n) is 32.4. The molecule has 3 rings (SSSR count). The topological polar surface area (TPSA) is 104 Å². The monoisotopic (exact) mass is 772 g/mol. The molecule has 8 nitrogen and oxygen atoms in total. The van der Waals surface area contributed by atoms with Crippen LogP contribution in [-0.4, -0.2) is 85.9 Å². The Labute approximate surface area is 323 Å². The van der Waals surface area contributed by atoms with Crippen LogP contribution in [0.2, 0.25) is 0 Å². The quantitative estimate of drug-likeness (QED) is 0.228. The summed E-state index contributed by atoms with van der Waals surface area (Å²) < 4.78 is -0.157. The Morgan fingerprint density at radius 3 is 1.72 bits per heavy atom. The molecular weight excluding hydrogens is 705 g/mol. The van der Waals surface area contributed by atoms with Crippen LogP contribution in [0.1, 0.15) is 119 Å². The Bertz CT molecular complexity index is 1070. The number of thioether (sulfide) groups is 3. The Balaban J connectivity index is 0.000000690. The van der Waals surface area contributed by atoms with Crippen LogP contribution in [0.25, 0.3) is 0 Å². The lowest BCUT2D eigenvalue weighted by Crippen LogP contribution is -2.39. The normalized spacial score (nSPS) is 14.7. The van der Waals surface area contributed by atoms with Gasteiger partial charge in [-0.25, -0.2) is 0 Å². The maximum atomic E-state index is 12.3. The van der Waals surface area contributed by atoms with Crippen molar-refractivity contribution in [3.8, 4) is 0 Å². The third-order valence-corrected chi connectivity index (χ3v) is 10.7. The summed E-state index contributed by atoms with van der Waals surface area (Å²) in [6.07, 6.45) is 9.93. The maximum absolute atomic E-state index is 12.3. The molecule has 1 aliphatic heterocycles. The number of primary amides is 1. The van der Waals surface area contributed by atoms with Gasteiger partial charge in [0.2, 0.25) is 0 Å². The highest BCUT2D eigenvalue weighted by Gasteiger charge is 2.28. The van der Waals surface area contributed by atoms with Crippen molar-refractivity contribution in [3.63, 3.8) is 0 Å². The number of nitrogens with two attached hydrogens (primary N) is 1. The summed E-state index contributed by atoms with van der Waals surface area (Å²) in [5, 5.41) is 0.0975. The maximum Gasteiger partial charge on any atom is 0.282 e. The van der Waals surface area contributed by atoms with Crippen molar-refractivity contribution in [3.05, 3.63) is 35.9 Å². The standard InChI is InChI=1S/C15H21NOS.C11H21NOS.C11H23NOS.CH3NOS/c1-15(2,13-9-5-3-6-10-13)18-14(17)16-11-7-4-8-12-16;1-3-12(11(13)14-4-2)10-8-6-5-7-9-10;1-6-14-11(13)12(7-9(2)3)8-10(4)5;2-1(3)4/h3,5-6,9-10H,4,7-8,11-12H2,1-2H3;10H,3-9H2,1-2H3;9-10H,6-8H2,1-5H3;(H3,2,3,4). The van der Waals surface area contributed by atoms with Crippen LogP contribution in [0, 0.1) is 11.8 Å². The molecule has 2 N–H and O–H groups in total. The van der Waals surface area contributed by atoms with Crippen molar-refractivity contribution in [1.82, 2.24) is 14.7 Å². The van der Waals surface area contributed by atoms with E-state index < -0.39 is 5.24 Å². The Hall–Kier alpha value is -1.50. The molecule has 0 spiro atoms. The molecule has 288 valence electrons. The smallest absolute Gasteiger partial charge is 0.282 e. The minimum Gasteiger partial charge on any atom is -0.361 e. The first-order valence-electron chi connectivity index (χ1n) is 18.5. The Kier molecular flexibility index (Phi) is 27.2. The molecule has 1 aromatic rings. The van der Waals surface area contributed by atoms with Gasteiger partial charge in [0, 0.05) is 43.5 Å². The number of benzene rings is 1. The van der Waals surface area contributed by atoms with E-state index in [1.807, 2.05) is 41.8 Å². The van der Waals surface area contributed by atoms with Crippen molar-refractivity contribution in [2.75, 3.05) is 44.2 Å². The van der Waals surface area contributed by atoms with Crippen LogP contribution < -0.4 is 5.73 Å². The lowest BCUT2D eigenvalue weighted by atomic mass is 9.94. The number of amides is 4. The lowest BCUT2D eigenvalue weighted by Gasteiger charge is -2.33. The van der Waals surface area contributed by atoms with E-state index in [0.29, 0.717) is 17.9 Å². The summed E-state index contributed by atoms with van der Waals surface area (Å²) in [6, 6.07) is 10.8. The second kappa shape index (κ2) is 28.1. The number of carbonyl (C=O) groups is 4. The molecule has 4 amide bonds. The van der Waals surface area contributed by atoms with E-state index in [1.165, 1.54) is 79.4 Å². The number of hydrogen-bond acceptors (Lipinski definition) is 7. The van der Waals surface area contributed by atoms with E-state index >= 15 is 0 Å². The van der Waals surface area contributed by atoms with Gasteiger partial charge in [-0.2, -0.15) is 0 Å². The van der Waals surface area contributed by atoms with Crippen molar-refractivity contribution in [2.24, 2.45) is 17.6 Å². The zero-order chi connectivity index (χ0) is 38.1. The molecule has 12 heteroatoms. The molecule has 2 fully saturated rings. The summed E-state index contributed by atoms with van der Waals surface area (Å²) in [5.41, 5.74) is 5.55. The highest BCUT2D eigenvalue weighted by atomic mass is 32.2. The van der Waals surface area contributed by atoms with Gasteiger partial charge in [-0.15, -0.1) is 0 Å². The van der Waals surface area contributed by atoms with E-state index in [9.17, 15) is 14.4 Å². The molecule has 0 bridgehead atoms. The minimum absolute atomic E-state index is 0.157. The third-order valence-electron chi connectivity index (χ3n) is 7.98. The van der Waals surface area contributed by atoms with E-state index in [4.69, 9.17) is 4.79 Å². The molecule has 0 radical (unpaired) electrons. The lowest BCUT2D eigenvalue weighted by molar-refractivity contribution is 0.182. The van der Waals surface area contributed by atoms with Gasteiger partial charge in [-0.05, 0) is 81.8 Å². The molecular formula is C38H68N4O4S4. The Morgan fingerprint density at radius 1 is 0.820 bits per heavy atom. The molecule has 1 heterocycles. The van der Waals surface area contributed by atoms with Crippen molar-refractivity contribution >= 4 is 68.9 Å². The van der Waals surface area contributed by atoms with E-state index in [0.717, 1.165) is 57.1 Å². The highest BCUT2D eigenvalue weighted by Crippen LogP contribution is 2.37. The van der Waals surface area contributed by atoms with Gasteiger partial charge >= 0.3 is 0 Å². The van der Waals surface area contributed by atoms with Crippen LogP contribution in [0.15, 0.2) is 30.3 Å². The van der Waals surface area contributed by atoms with Crippen molar-refractivity contribution in [2.45, 2.75) is 124 Å². The predicted octanol–water partition coefficient (Wildman–Crippen LogP) is 11.2. The number of rotatable bonds is 10. The first-order valence-corrected chi connectivity index (χ1v) is 21.7. The number of nitrogens with zero attached hydrogens (tertiary/aromatic N) is 3. The first-order chi connectivity index (χ1) is 23.6. The summed E-state index contributed by atoms with van der Waals surface area (Å²) >= 11 is 7.41. The van der Waals surface area contributed by atoms with Crippen LogP contribution in [0.4, 0.5) is 19.2 Å². The molecule has 1 aromatic carbocycles. The van der Waals surface area contributed by atoms with Gasteiger partial charge in [0.25, 0.3) is 21.0 Å². The Morgan fingerprint density at radius 2 is 1.28 bits per heavy atom. The molecule has 0 atom stereocenters. The van der Waals surface area contributed by atoms with Gasteiger partial charge in [0.1, 0.15) is 0 Å². The number of likely N-dealkylation sites (tertiary alicyclic amines) is 1. The number of thiol groups is 1. The summed E-state index contributed by atoms with van der Waals surface area (Å²) in [7, 11) is 0. The van der Waals surface area contributed by atoms with Crippen LogP contribution in [0.3, 0.4) is 0 Å². The second-order valence-electron chi connectivity index (χ2n) is 13.8. The average Bonchev–Trinajstić information content (AvgIpc) is 3.06. The number of carbonyl (C=O) groups excluding carboxylic acids is 4. The van der Waals surface area contributed by atoms with Gasteiger partial charge < -0.3 is 20.4 Å². The van der Waals surface area contributed by atoms with E-state index in [1.54, 1.807) is 0 Å². The molecule has 2 aliphatic rings. The molecule has 1 aliphatic carbocycles. The van der Waals surface area contributed by atoms with Gasteiger partial charge in [0.05, 0.1) is 0 Å². The zero-order valence-corrected chi connectivity index (χ0v) is 35.8. The van der Waals surface area contributed by atoms with Gasteiger partial charge in [-0.3, -0.25) is 19.2 Å². The fourth-order valence-electron chi connectivity index (χ4n) is 5.71. The molecule has 1 saturated carbocycles. The molecule has 0 aromatic heterocycles. The predicted molar refractivity (Wildman–Crippen MR) is 224 cm³/mol. The first kappa shape index (κ1) is 48.5. The van der Waals surface area contributed by atoms with Gasteiger partial charge in [0.15, 0.2) is 0 Å². The van der Waals surface area contributed by atoms with Crippen LogP contribution in [0.5, 0.6) is 0 Å². The SMILES string of the molecule is CC(C)(SC(=O)N1CCCCC1)c1ccccc1.CCSC(=O)N(CC(C)C)CC(C)C.CCSC(=O)N(CC)C1CCCCC1.NC(=O)S. The largest absolute Gasteiger partial charge is 0.361 e. The minimum atomic E-state index is -0.639. The van der Waals surface area contributed by atoms with Crippen LogP contribution in [-0.2, 0) is 4.75 Å². The summed E-state index contributed by atoms with van der Waals surface area (Å²) in [4.78, 5) is 50.9. The molecule has 0 unspecified atom stereocenters. The summed E-state index contributed by atoms with van der Waals surface area (Å²) in [5.74, 6) is 2.86. The van der Waals surface area contributed by atoms with Crippen molar-refractivity contribution < 1.29 is 19.2 Å². The fourth-order valence-corrected chi connectivity index (χ4v) is 7.98. The number of hydrogen-bond donors (Lipinski definition) is 2. The van der Waals surface area contributed by atoms with Gasteiger partial charge in [-0.1, -0.05) is 139 Å². The molecule has 1 saturated heterocycles. The average molecular weight is 773 g/mol. The third kappa shape index (κ3) is 22.4. The van der Waals surface area contributed by atoms with Crippen LogP contribution >= 0.6 is 47.9 Å². The number of piperidine rings is 1. The van der Waals surface area contributed by atoms with E-state index in [2.05, 4.69) is 83.9 Å². The highest BCUT2D eigenvalue weighted by molar-refractivity contribution is 8.14.